The van der Waals surface area contributed by atoms with Crippen molar-refractivity contribution in [2.45, 2.75) is 149 Å². The van der Waals surface area contributed by atoms with Crippen LogP contribution in [0.15, 0.2) is 121 Å². The predicted octanol–water partition coefficient (Wildman–Crippen LogP) is 18.8. The van der Waals surface area contributed by atoms with E-state index in [4.69, 9.17) is 9.97 Å². The van der Waals surface area contributed by atoms with E-state index in [1.54, 1.807) is 11.1 Å². The average Bonchev–Trinajstić information content (AvgIpc) is 3.59. The smallest absolute Gasteiger partial charge is 0.0709 e. The maximum atomic E-state index is 5.06. The Kier molecular flexibility index (Phi) is 15.3. The summed E-state index contributed by atoms with van der Waals surface area (Å²) in [6.07, 6.45) is 27.2. The Bertz CT molecular complexity index is 2750. The maximum absolute atomic E-state index is 5.06. The molecular formula is C63H72N2. The first-order valence-electron chi connectivity index (χ1n) is 25.3. The zero-order chi connectivity index (χ0) is 45.2. The van der Waals surface area contributed by atoms with Crippen molar-refractivity contribution in [2.75, 3.05) is 0 Å². The highest BCUT2D eigenvalue weighted by atomic mass is 14.7. The molecule has 0 saturated carbocycles. The number of aromatic nitrogens is 2. The van der Waals surface area contributed by atoms with Crippen LogP contribution in [0.4, 0.5) is 0 Å². The Morgan fingerprint density at radius 1 is 0.446 bits per heavy atom. The number of pyridine rings is 2. The standard InChI is InChI=1S/C63H72N2/c1-7-9-11-13-15-21-39-63(40-22-16-14-12-10-8-2)59-43-49(45(3)4)31-37-55(59)56-38-32-52(44-60(56)63)58-42-50(29-35-53-33-27-47-23-17-19-25-61(47)64-53)57(46(5)6)41-51(58)30-36-54-34-28-48-24-18-20-26-62(48)65-54/h17-20,23-38,41-46H,7-16,21-22,39-40H2,1-6H3/b35-29+,36-30+. The highest BCUT2D eigenvalue weighted by Crippen LogP contribution is 2.56. The highest BCUT2D eigenvalue weighted by Gasteiger charge is 2.42. The molecule has 0 fully saturated rings. The largest absolute Gasteiger partial charge is 0.248 e. The molecule has 0 bridgehead atoms. The summed E-state index contributed by atoms with van der Waals surface area (Å²) in [7, 11) is 0. The molecule has 1 aliphatic carbocycles. The Labute approximate surface area is 391 Å². The summed E-state index contributed by atoms with van der Waals surface area (Å²) in [5, 5.41) is 2.32. The van der Waals surface area contributed by atoms with Crippen molar-refractivity contribution in [3.8, 4) is 22.3 Å². The quantitative estimate of drug-likeness (QED) is 0.0673. The lowest BCUT2D eigenvalue weighted by molar-refractivity contribution is 0.397. The van der Waals surface area contributed by atoms with Crippen molar-refractivity contribution in [2.24, 2.45) is 0 Å². The summed E-state index contributed by atoms with van der Waals surface area (Å²) in [6.45, 7) is 14.0. The van der Waals surface area contributed by atoms with Crippen molar-refractivity contribution in [3.63, 3.8) is 0 Å². The number of nitrogens with zero attached hydrogens (tertiary/aromatic N) is 2. The summed E-state index contributed by atoms with van der Waals surface area (Å²) in [4.78, 5) is 10.1. The van der Waals surface area contributed by atoms with E-state index in [1.807, 2.05) is 0 Å². The van der Waals surface area contributed by atoms with Crippen LogP contribution >= 0.6 is 0 Å². The molecule has 0 N–H and O–H groups in total. The number of rotatable bonds is 21. The Hall–Kier alpha value is -5.60. The van der Waals surface area contributed by atoms with E-state index in [9.17, 15) is 0 Å². The predicted molar refractivity (Wildman–Crippen MR) is 284 cm³/mol. The van der Waals surface area contributed by atoms with Crippen LogP contribution in [0.2, 0.25) is 0 Å². The first-order valence-corrected chi connectivity index (χ1v) is 25.3. The van der Waals surface area contributed by atoms with E-state index in [0.29, 0.717) is 11.8 Å². The maximum Gasteiger partial charge on any atom is 0.0709 e. The second-order valence-corrected chi connectivity index (χ2v) is 19.6. The molecule has 2 heterocycles. The van der Waals surface area contributed by atoms with Crippen LogP contribution in [-0.2, 0) is 5.41 Å². The lowest BCUT2D eigenvalue weighted by Crippen LogP contribution is -2.26. The van der Waals surface area contributed by atoms with Gasteiger partial charge in [-0.05, 0) is 129 Å². The van der Waals surface area contributed by atoms with Crippen LogP contribution in [0.5, 0.6) is 0 Å². The fraction of sp³-hybridized carbons (Fsp3) is 0.365. The van der Waals surface area contributed by atoms with Crippen LogP contribution in [0, 0.1) is 0 Å². The fourth-order valence-corrected chi connectivity index (χ4v) is 10.5. The molecule has 2 aromatic heterocycles. The van der Waals surface area contributed by atoms with Crippen LogP contribution in [-0.4, -0.2) is 9.97 Å². The second-order valence-electron chi connectivity index (χ2n) is 19.6. The molecule has 0 radical (unpaired) electrons. The number of unbranched alkanes of at least 4 members (excludes halogenated alkanes) is 10. The molecule has 2 heteroatoms. The van der Waals surface area contributed by atoms with E-state index in [0.717, 1.165) is 33.2 Å². The highest BCUT2D eigenvalue weighted by molar-refractivity contribution is 5.90. The van der Waals surface area contributed by atoms with Gasteiger partial charge in [-0.2, -0.15) is 0 Å². The first kappa shape index (κ1) is 45.9. The molecule has 0 amide bonds. The minimum Gasteiger partial charge on any atom is -0.248 e. The van der Waals surface area contributed by atoms with Crippen LogP contribution in [0.3, 0.4) is 0 Å². The zero-order valence-corrected chi connectivity index (χ0v) is 40.3. The average molecular weight is 857 g/mol. The minimum atomic E-state index is -0.00549. The number of hydrogen-bond acceptors (Lipinski definition) is 2. The van der Waals surface area contributed by atoms with E-state index in [-0.39, 0.29) is 5.41 Å². The van der Waals surface area contributed by atoms with Gasteiger partial charge in [0.2, 0.25) is 0 Å². The van der Waals surface area contributed by atoms with E-state index >= 15 is 0 Å². The normalized spacial score (nSPS) is 13.3. The van der Waals surface area contributed by atoms with Crippen molar-refractivity contribution >= 4 is 46.1 Å². The van der Waals surface area contributed by atoms with Gasteiger partial charge in [-0.1, -0.05) is 216 Å². The first-order chi connectivity index (χ1) is 31.8. The van der Waals surface area contributed by atoms with Gasteiger partial charge in [-0.15, -0.1) is 0 Å². The molecule has 0 unspecified atom stereocenters. The van der Waals surface area contributed by atoms with Gasteiger partial charge in [0.15, 0.2) is 0 Å². The van der Waals surface area contributed by atoms with Crippen molar-refractivity contribution < 1.29 is 0 Å². The van der Waals surface area contributed by atoms with E-state index in [1.165, 1.54) is 134 Å². The number of para-hydroxylation sites is 2. The molecule has 0 saturated heterocycles. The van der Waals surface area contributed by atoms with Gasteiger partial charge >= 0.3 is 0 Å². The number of benzene rings is 5. The minimum absolute atomic E-state index is 0.00549. The third-order valence-electron chi connectivity index (χ3n) is 14.3. The number of fused-ring (bicyclic) bond motifs is 5. The van der Waals surface area contributed by atoms with Gasteiger partial charge in [0.05, 0.1) is 22.4 Å². The van der Waals surface area contributed by atoms with E-state index < -0.39 is 0 Å². The van der Waals surface area contributed by atoms with Crippen molar-refractivity contribution in [3.05, 3.63) is 166 Å². The van der Waals surface area contributed by atoms with Crippen LogP contribution in [0.25, 0.3) is 68.4 Å². The number of hydrogen-bond donors (Lipinski definition) is 0. The van der Waals surface area contributed by atoms with Gasteiger partial charge in [0.25, 0.3) is 0 Å². The SMILES string of the molecule is CCCCCCCCC1(CCCCCCCC)c2cc(-c3cc(/C=C/c4ccc5ccccc5n4)c(C(C)C)cc3/C=C/c3ccc4ccccc4n3)ccc2-c2ccc(C(C)C)cc21. The zero-order valence-electron chi connectivity index (χ0n) is 40.3. The molecule has 0 aliphatic heterocycles. The topological polar surface area (TPSA) is 25.8 Å². The Morgan fingerprint density at radius 3 is 1.54 bits per heavy atom. The van der Waals surface area contributed by atoms with Crippen LogP contribution in [0.1, 0.15) is 188 Å². The molecule has 5 aromatic carbocycles. The van der Waals surface area contributed by atoms with Gasteiger partial charge in [-0.25, -0.2) is 9.97 Å². The molecule has 334 valence electrons. The lowest BCUT2D eigenvalue weighted by Gasteiger charge is -2.34. The summed E-state index contributed by atoms with van der Waals surface area (Å²) in [5.74, 6) is 0.814. The third kappa shape index (κ3) is 10.6. The third-order valence-corrected chi connectivity index (χ3v) is 14.3. The van der Waals surface area contributed by atoms with Gasteiger partial charge in [0.1, 0.15) is 0 Å². The molecule has 0 spiro atoms. The summed E-state index contributed by atoms with van der Waals surface area (Å²) in [6, 6.07) is 45.4. The second kappa shape index (κ2) is 21.6. The molecule has 0 atom stereocenters. The monoisotopic (exact) mass is 857 g/mol. The molecular weight excluding hydrogens is 785 g/mol. The van der Waals surface area contributed by atoms with Crippen molar-refractivity contribution in [1.82, 2.24) is 9.97 Å². The van der Waals surface area contributed by atoms with E-state index in [2.05, 4.69) is 187 Å². The van der Waals surface area contributed by atoms with Crippen LogP contribution < -0.4 is 0 Å². The van der Waals surface area contributed by atoms with Gasteiger partial charge in [0, 0.05) is 16.2 Å². The molecule has 1 aliphatic rings. The lowest BCUT2D eigenvalue weighted by atomic mass is 9.69. The van der Waals surface area contributed by atoms with Gasteiger partial charge < -0.3 is 0 Å². The summed E-state index contributed by atoms with van der Waals surface area (Å²) >= 11 is 0. The summed E-state index contributed by atoms with van der Waals surface area (Å²) in [5.41, 5.74) is 17.8. The fourth-order valence-electron chi connectivity index (χ4n) is 10.5. The summed E-state index contributed by atoms with van der Waals surface area (Å²) < 4.78 is 0. The molecule has 7 aromatic rings. The molecule has 65 heavy (non-hydrogen) atoms. The Balaban J connectivity index is 1.27. The Morgan fingerprint density at radius 2 is 0.969 bits per heavy atom. The molecule has 8 rings (SSSR count). The molecule has 2 nitrogen and oxygen atoms in total. The van der Waals surface area contributed by atoms with Crippen molar-refractivity contribution in [1.29, 1.82) is 0 Å². The van der Waals surface area contributed by atoms with Gasteiger partial charge in [-0.3, -0.25) is 0 Å².